The summed E-state index contributed by atoms with van der Waals surface area (Å²) in [6.07, 6.45) is 14.9. The number of hydrogen-bond acceptors (Lipinski definition) is 4. The SMILES string of the molecule is C#CC1(O)CC[C@H]2[C@@H]3CC=C4c5sc(Nc6ccc(F)cc6F)nc5CC[C@]4(C)[C@H]3CC[C@@]21C. The van der Waals surface area contributed by atoms with Gasteiger partial charge in [0, 0.05) is 11.5 Å². The number of aromatic nitrogens is 1. The highest BCUT2D eigenvalue weighted by Gasteiger charge is 2.63. The molecule has 0 spiro atoms. The number of aliphatic hydroxyl groups is 1. The Bertz CT molecular complexity index is 1250. The topological polar surface area (TPSA) is 45.1 Å². The van der Waals surface area contributed by atoms with Crippen molar-refractivity contribution in [3.63, 3.8) is 0 Å². The van der Waals surface area contributed by atoms with Gasteiger partial charge < -0.3 is 10.4 Å². The maximum atomic E-state index is 14.2. The largest absolute Gasteiger partial charge is 0.377 e. The average molecular weight is 481 g/mol. The van der Waals surface area contributed by atoms with Gasteiger partial charge in [-0.15, -0.1) is 6.42 Å². The Hall–Kier alpha value is -2.23. The van der Waals surface area contributed by atoms with Gasteiger partial charge in [0.1, 0.15) is 17.2 Å². The highest BCUT2D eigenvalue weighted by molar-refractivity contribution is 7.16. The second kappa shape index (κ2) is 7.38. The quantitative estimate of drug-likeness (QED) is 0.470. The highest BCUT2D eigenvalue weighted by Crippen LogP contribution is 2.68. The molecule has 6 heteroatoms. The van der Waals surface area contributed by atoms with Gasteiger partial charge >= 0.3 is 0 Å². The van der Waals surface area contributed by atoms with Crippen LogP contribution in [0.2, 0.25) is 0 Å². The van der Waals surface area contributed by atoms with E-state index >= 15 is 0 Å². The van der Waals surface area contributed by atoms with Crippen molar-refractivity contribution in [2.24, 2.45) is 28.6 Å². The van der Waals surface area contributed by atoms with E-state index in [9.17, 15) is 13.9 Å². The minimum Gasteiger partial charge on any atom is -0.377 e. The van der Waals surface area contributed by atoms with Crippen molar-refractivity contribution in [1.29, 1.82) is 0 Å². The zero-order valence-corrected chi connectivity index (χ0v) is 20.4. The Morgan fingerprint density at radius 3 is 2.74 bits per heavy atom. The lowest BCUT2D eigenvalue weighted by molar-refractivity contribution is -0.0886. The number of fused-ring (bicyclic) bond motifs is 7. The number of terminal acetylenes is 1. The Morgan fingerprint density at radius 2 is 1.97 bits per heavy atom. The molecular formula is C28H30F2N2OS. The van der Waals surface area contributed by atoms with Crippen molar-refractivity contribution in [3.05, 3.63) is 46.5 Å². The first-order valence-corrected chi connectivity index (χ1v) is 13.1. The molecule has 1 aromatic heterocycles. The number of benzene rings is 1. The van der Waals surface area contributed by atoms with Crippen LogP contribution in [0.1, 0.15) is 62.9 Å². The Balaban J connectivity index is 1.32. The molecule has 0 aliphatic heterocycles. The number of nitrogens with zero attached hydrogens (tertiary/aromatic N) is 1. The van der Waals surface area contributed by atoms with Crippen molar-refractivity contribution >= 4 is 27.7 Å². The van der Waals surface area contributed by atoms with Gasteiger partial charge in [-0.1, -0.05) is 37.2 Å². The average Bonchev–Trinajstić information content (AvgIpc) is 3.33. The molecule has 6 rings (SSSR count). The van der Waals surface area contributed by atoms with Gasteiger partial charge in [0.05, 0.1) is 16.3 Å². The molecule has 1 unspecified atom stereocenters. The number of nitrogens with one attached hydrogen (secondary N) is 1. The summed E-state index contributed by atoms with van der Waals surface area (Å²) in [5, 5.41) is 14.9. The summed E-state index contributed by atoms with van der Waals surface area (Å²) in [5.74, 6) is 3.10. The zero-order valence-electron chi connectivity index (χ0n) is 19.6. The molecule has 0 radical (unpaired) electrons. The Kier molecular flexibility index (Phi) is 4.83. The van der Waals surface area contributed by atoms with Gasteiger partial charge in [-0.2, -0.15) is 0 Å². The van der Waals surface area contributed by atoms with Crippen LogP contribution in [-0.2, 0) is 6.42 Å². The molecule has 1 heterocycles. The molecule has 3 nitrogen and oxygen atoms in total. The Morgan fingerprint density at radius 1 is 1.18 bits per heavy atom. The van der Waals surface area contributed by atoms with E-state index in [1.165, 1.54) is 22.6 Å². The summed E-state index contributed by atoms with van der Waals surface area (Å²) < 4.78 is 27.5. The first-order valence-electron chi connectivity index (χ1n) is 12.3. The summed E-state index contributed by atoms with van der Waals surface area (Å²) in [4.78, 5) is 5.99. The molecule has 0 amide bonds. The summed E-state index contributed by atoms with van der Waals surface area (Å²) in [7, 11) is 0. The third kappa shape index (κ3) is 2.93. The molecular weight excluding hydrogens is 450 g/mol. The van der Waals surface area contributed by atoms with E-state index in [-0.39, 0.29) is 16.5 Å². The maximum absolute atomic E-state index is 14.2. The second-order valence-electron chi connectivity index (χ2n) is 11.2. The van der Waals surface area contributed by atoms with Crippen LogP contribution in [0.3, 0.4) is 0 Å². The smallest absolute Gasteiger partial charge is 0.188 e. The van der Waals surface area contributed by atoms with E-state index in [0.717, 1.165) is 50.3 Å². The molecule has 0 saturated heterocycles. The maximum Gasteiger partial charge on any atom is 0.188 e. The third-order valence-corrected chi connectivity index (χ3v) is 10.9. The number of hydrogen-bond donors (Lipinski definition) is 2. The minimum absolute atomic E-state index is 0.0685. The van der Waals surface area contributed by atoms with Crippen LogP contribution in [0.15, 0.2) is 24.3 Å². The molecule has 0 bridgehead atoms. The van der Waals surface area contributed by atoms with E-state index < -0.39 is 17.2 Å². The third-order valence-electron chi connectivity index (χ3n) is 9.85. The molecule has 178 valence electrons. The fourth-order valence-corrected chi connectivity index (χ4v) is 9.09. The van der Waals surface area contributed by atoms with Crippen LogP contribution in [0.25, 0.3) is 5.57 Å². The van der Waals surface area contributed by atoms with Crippen LogP contribution >= 0.6 is 11.3 Å². The molecule has 2 aromatic rings. The van der Waals surface area contributed by atoms with Crippen molar-refractivity contribution in [1.82, 2.24) is 4.98 Å². The fourth-order valence-electron chi connectivity index (χ4n) is 7.89. The predicted octanol–water partition coefficient (Wildman–Crippen LogP) is 6.71. The number of aryl methyl sites for hydroxylation is 1. The van der Waals surface area contributed by atoms with Crippen LogP contribution in [0.4, 0.5) is 19.6 Å². The van der Waals surface area contributed by atoms with Crippen molar-refractivity contribution in [2.75, 3.05) is 5.32 Å². The molecule has 34 heavy (non-hydrogen) atoms. The summed E-state index contributed by atoms with van der Waals surface area (Å²) >= 11 is 1.57. The van der Waals surface area contributed by atoms with Gasteiger partial charge in [0.15, 0.2) is 5.13 Å². The molecule has 2 N–H and O–H groups in total. The van der Waals surface area contributed by atoms with E-state index in [1.807, 2.05) is 0 Å². The summed E-state index contributed by atoms with van der Waals surface area (Å²) in [5.41, 5.74) is 1.57. The van der Waals surface area contributed by atoms with Gasteiger partial charge in [0.2, 0.25) is 0 Å². The van der Waals surface area contributed by atoms with Gasteiger partial charge in [-0.25, -0.2) is 13.8 Å². The summed E-state index contributed by atoms with van der Waals surface area (Å²) in [6, 6.07) is 3.55. The van der Waals surface area contributed by atoms with Crippen LogP contribution in [0.5, 0.6) is 0 Å². The molecule has 4 aliphatic carbocycles. The second-order valence-corrected chi connectivity index (χ2v) is 12.2. The molecule has 4 aliphatic rings. The Labute approximate surface area is 203 Å². The van der Waals surface area contributed by atoms with Gasteiger partial charge in [-0.05, 0) is 85.8 Å². The van der Waals surface area contributed by atoms with E-state index in [4.69, 9.17) is 11.4 Å². The number of anilines is 2. The number of allylic oxidation sites excluding steroid dienone is 2. The fraction of sp³-hybridized carbons (Fsp3) is 0.536. The first-order chi connectivity index (χ1) is 16.2. The molecule has 6 atom stereocenters. The van der Waals surface area contributed by atoms with Gasteiger partial charge in [0.25, 0.3) is 0 Å². The monoisotopic (exact) mass is 480 g/mol. The number of rotatable bonds is 2. The first kappa shape index (κ1) is 22.2. The summed E-state index contributed by atoms with van der Waals surface area (Å²) in [6.45, 7) is 4.63. The lowest BCUT2D eigenvalue weighted by Gasteiger charge is -2.57. The van der Waals surface area contributed by atoms with Crippen LogP contribution in [-0.4, -0.2) is 15.7 Å². The van der Waals surface area contributed by atoms with E-state index in [1.54, 1.807) is 11.3 Å². The van der Waals surface area contributed by atoms with Crippen molar-refractivity contribution < 1.29 is 13.9 Å². The van der Waals surface area contributed by atoms with Crippen molar-refractivity contribution in [2.45, 2.75) is 64.4 Å². The lowest BCUT2D eigenvalue weighted by atomic mass is 9.47. The lowest BCUT2D eigenvalue weighted by Crippen LogP contribution is -2.53. The standard InChI is InChI=1S/C28H30F2N2OS/c1-4-28(33)14-10-19-17-6-7-20-24-23(11-12-26(20,2)18(17)9-13-27(19,28)3)32-25(34-24)31-22-8-5-16(29)15-21(22)30/h1,5,7-8,15,17-19,33H,6,9-14H2,2-3H3,(H,31,32)/t17-,18+,19+,26-,27+,28?/m1/s1. The van der Waals surface area contributed by atoms with E-state index in [0.29, 0.717) is 29.3 Å². The highest BCUT2D eigenvalue weighted by atomic mass is 32.1. The molecule has 2 saturated carbocycles. The predicted molar refractivity (Wildman–Crippen MR) is 132 cm³/mol. The normalized spacial score (nSPS) is 38.1. The molecule has 1 aromatic carbocycles. The van der Waals surface area contributed by atoms with Crippen LogP contribution < -0.4 is 5.32 Å². The van der Waals surface area contributed by atoms with Gasteiger partial charge in [-0.3, -0.25) is 0 Å². The minimum atomic E-state index is -0.985. The number of thiazole rings is 1. The molecule has 2 fully saturated rings. The van der Waals surface area contributed by atoms with Crippen molar-refractivity contribution in [3.8, 4) is 12.3 Å². The van der Waals surface area contributed by atoms with Crippen LogP contribution in [0, 0.1) is 52.6 Å². The zero-order chi connectivity index (χ0) is 23.9. The van der Waals surface area contributed by atoms with E-state index in [2.05, 4.69) is 31.2 Å². The number of halogens is 2.